The Hall–Kier alpha value is -3.04. The van der Waals surface area contributed by atoms with E-state index in [1.807, 2.05) is 49.4 Å². The maximum Gasteiger partial charge on any atom is 0.267 e. The fraction of sp³-hybridized carbons (Fsp3) is 0.150. The fourth-order valence-corrected chi connectivity index (χ4v) is 4.47. The predicted molar refractivity (Wildman–Crippen MR) is 116 cm³/mol. The monoisotopic (exact) mass is 423 g/mol. The molecule has 0 aliphatic heterocycles. The Morgan fingerprint density at radius 1 is 1.10 bits per heavy atom. The quantitative estimate of drug-likeness (QED) is 0.376. The van der Waals surface area contributed by atoms with E-state index in [1.54, 1.807) is 17.8 Å². The second-order valence-corrected chi connectivity index (χ2v) is 8.62. The van der Waals surface area contributed by atoms with Crippen LogP contribution in [0.1, 0.15) is 6.92 Å². The van der Waals surface area contributed by atoms with Gasteiger partial charge in [0.05, 0.1) is 5.69 Å². The first kappa shape index (κ1) is 19.3. The number of thioether (sulfide) groups is 1. The zero-order valence-electron chi connectivity index (χ0n) is 15.5. The molecule has 0 saturated carbocycles. The molecule has 4 rings (SSSR count). The summed E-state index contributed by atoms with van der Waals surface area (Å²) < 4.78 is 1.94. The lowest BCUT2D eigenvalue weighted by molar-refractivity contribution is -0.117. The van der Waals surface area contributed by atoms with Gasteiger partial charge < -0.3 is 0 Å². The van der Waals surface area contributed by atoms with Crippen LogP contribution >= 0.6 is 23.1 Å². The molecule has 0 atom stereocenters. The van der Waals surface area contributed by atoms with Gasteiger partial charge in [-0.1, -0.05) is 66.4 Å². The first-order valence-electron chi connectivity index (χ1n) is 8.96. The number of rotatable bonds is 6. The van der Waals surface area contributed by atoms with E-state index in [2.05, 4.69) is 20.6 Å². The number of amides is 1. The molecule has 0 radical (unpaired) electrons. The molecule has 0 spiro atoms. The van der Waals surface area contributed by atoms with Crippen LogP contribution in [0, 0.1) is 0 Å². The highest BCUT2D eigenvalue weighted by Gasteiger charge is 2.11. The molecule has 0 aliphatic carbocycles. The van der Waals surface area contributed by atoms with Crippen molar-refractivity contribution in [1.82, 2.24) is 20.0 Å². The molecule has 29 heavy (non-hydrogen) atoms. The zero-order chi connectivity index (χ0) is 20.2. The smallest absolute Gasteiger partial charge is 0.267 e. The van der Waals surface area contributed by atoms with Crippen molar-refractivity contribution in [1.29, 1.82) is 0 Å². The lowest BCUT2D eigenvalue weighted by atomic mass is 10.1. The summed E-state index contributed by atoms with van der Waals surface area (Å²) in [4.78, 5) is 24.5. The maximum atomic E-state index is 12.3. The second-order valence-electron chi connectivity index (χ2n) is 6.13. The number of nitrogens with zero attached hydrogens (tertiary/aromatic N) is 4. The van der Waals surface area contributed by atoms with Gasteiger partial charge in [0.2, 0.25) is 11.0 Å². The molecule has 4 aromatic rings. The molecule has 1 N–H and O–H groups in total. The minimum Gasteiger partial charge on any atom is -0.299 e. The highest BCUT2D eigenvalue weighted by atomic mass is 32.2. The van der Waals surface area contributed by atoms with E-state index < -0.39 is 0 Å². The summed E-state index contributed by atoms with van der Waals surface area (Å²) in [7, 11) is 0. The van der Waals surface area contributed by atoms with Gasteiger partial charge in [-0.2, -0.15) is 5.10 Å². The first-order valence-corrected chi connectivity index (χ1v) is 10.8. The van der Waals surface area contributed by atoms with Crippen LogP contribution in [0.15, 0.2) is 63.7 Å². The van der Waals surface area contributed by atoms with E-state index in [1.165, 1.54) is 17.4 Å². The van der Waals surface area contributed by atoms with Crippen LogP contribution in [0.4, 0.5) is 5.13 Å². The Morgan fingerprint density at radius 3 is 2.76 bits per heavy atom. The van der Waals surface area contributed by atoms with Gasteiger partial charge in [0.15, 0.2) is 4.34 Å². The Bertz CT molecular complexity index is 1230. The number of aromatic nitrogens is 4. The third-order valence-electron chi connectivity index (χ3n) is 4.13. The number of nitrogens with one attached hydrogen (secondary N) is 1. The van der Waals surface area contributed by atoms with Crippen molar-refractivity contribution in [3.8, 4) is 11.3 Å². The Morgan fingerprint density at radius 2 is 1.93 bits per heavy atom. The average molecular weight is 424 g/mol. The van der Waals surface area contributed by atoms with Crippen molar-refractivity contribution in [2.75, 3.05) is 11.1 Å². The number of fused-ring (bicyclic) bond motifs is 1. The Balaban J connectivity index is 1.54. The molecule has 2 aromatic heterocycles. The van der Waals surface area contributed by atoms with Crippen molar-refractivity contribution >= 4 is 44.9 Å². The van der Waals surface area contributed by atoms with Crippen LogP contribution < -0.4 is 10.9 Å². The molecular weight excluding hydrogens is 406 g/mol. The highest BCUT2D eigenvalue weighted by molar-refractivity contribution is 8.01. The van der Waals surface area contributed by atoms with Crippen molar-refractivity contribution in [2.45, 2.75) is 17.8 Å². The van der Waals surface area contributed by atoms with Gasteiger partial charge in [0, 0.05) is 11.6 Å². The van der Waals surface area contributed by atoms with Crippen LogP contribution in [-0.4, -0.2) is 31.6 Å². The number of hydrogen-bond acceptors (Lipinski definition) is 7. The molecule has 2 aromatic carbocycles. The SMILES string of the molecule is CCSc1nnc(NC(=O)Cn2nc(-c3ccc4ccccc4c3)ccc2=O)s1. The van der Waals surface area contributed by atoms with E-state index >= 15 is 0 Å². The van der Waals surface area contributed by atoms with Crippen LogP contribution in [0.25, 0.3) is 22.0 Å². The summed E-state index contributed by atoms with van der Waals surface area (Å²) in [5.41, 5.74) is 1.16. The zero-order valence-corrected chi connectivity index (χ0v) is 17.2. The van der Waals surface area contributed by atoms with E-state index in [-0.39, 0.29) is 18.0 Å². The normalized spacial score (nSPS) is 10.9. The average Bonchev–Trinajstić information content (AvgIpc) is 3.16. The number of anilines is 1. The summed E-state index contributed by atoms with van der Waals surface area (Å²) in [5, 5.41) is 17.6. The van der Waals surface area contributed by atoms with Crippen molar-refractivity contribution in [2.24, 2.45) is 0 Å². The number of benzene rings is 2. The Kier molecular flexibility index (Phi) is 5.68. The lowest BCUT2D eigenvalue weighted by Crippen LogP contribution is -2.29. The van der Waals surface area contributed by atoms with Gasteiger partial charge in [-0.3, -0.25) is 14.9 Å². The molecule has 2 heterocycles. The largest absolute Gasteiger partial charge is 0.299 e. The molecule has 9 heteroatoms. The van der Waals surface area contributed by atoms with Crippen LogP contribution in [0.2, 0.25) is 0 Å². The first-order chi connectivity index (χ1) is 14.1. The highest BCUT2D eigenvalue weighted by Crippen LogP contribution is 2.25. The topological polar surface area (TPSA) is 89.8 Å². The van der Waals surface area contributed by atoms with Gasteiger partial charge in [-0.05, 0) is 28.7 Å². The third-order valence-corrected chi connectivity index (χ3v) is 5.98. The van der Waals surface area contributed by atoms with E-state index in [0.29, 0.717) is 10.8 Å². The number of carbonyl (C=O) groups excluding carboxylic acids is 1. The van der Waals surface area contributed by atoms with Gasteiger partial charge in [-0.25, -0.2) is 4.68 Å². The third kappa shape index (κ3) is 4.52. The van der Waals surface area contributed by atoms with Gasteiger partial charge >= 0.3 is 0 Å². The van der Waals surface area contributed by atoms with Gasteiger partial charge in [0.25, 0.3) is 5.56 Å². The second kappa shape index (κ2) is 8.54. The summed E-state index contributed by atoms with van der Waals surface area (Å²) in [5.74, 6) is 0.503. The standard InChI is InChI=1S/C20H17N5O2S2/c1-2-28-20-23-22-19(29-20)21-17(26)12-25-18(27)10-9-16(24-25)15-8-7-13-5-3-4-6-14(13)11-15/h3-11H,2,12H2,1H3,(H,21,22,26). The summed E-state index contributed by atoms with van der Waals surface area (Å²) in [6, 6.07) is 17.1. The molecule has 1 amide bonds. The molecule has 0 fully saturated rings. The number of carbonyl (C=O) groups is 1. The molecule has 7 nitrogen and oxygen atoms in total. The van der Waals surface area contributed by atoms with E-state index in [4.69, 9.17) is 0 Å². The maximum absolute atomic E-state index is 12.3. The lowest BCUT2D eigenvalue weighted by Gasteiger charge is -2.08. The summed E-state index contributed by atoms with van der Waals surface area (Å²) in [6.07, 6.45) is 0. The minimum absolute atomic E-state index is 0.198. The molecule has 0 aliphatic rings. The summed E-state index contributed by atoms with van der Waals surface area (Å²) in [6.45, 7) is 1.82. The van der Waals surface area contributed by atoms with E-state index in [0.717, 1.165) is 31.1 Å². The predicted octanol–water partition coefficient (Wildman–Crippen LogP) is 3.67. The number of hydrogen-bond donors (Lipinski definition) is 1. The van der Waals surface area contributed by atoms with Gasteiger partial charge in [-0.15, -0.1) is 10.2 Å². The fourth-order valence-electron chi connectivity index (χ4n) is 2.80. The van der Waals surface area contributed by atoms with Crippen molar-refractivity contribution in [3.05, 3.63) is 65.0 Å². The minimum atomic E-state index is -0.376. The molecule has 0 bridgehead atoms. The van der Waals surface area contributed by atoms with Crippen LogP contribution in [0.3, 0.4) is 0 Å². The van der Waals surface area contributed by atoms with E-state index in [9.17, 15) is 9.59 Å². The van der Waals surface area contributed by atoms with Crippen LogP contribution in [0.5, 0.6) is 0 Å². The molecular formula is C20H17N5O2S2. The van der Waals surface area contributed by atoms with Crippen LogP contribution in [-0.2, 0) is 11.3 Å². The molecule has 146 valence electrons. The van der Waals surface area contributed by atoms with Gasteiger partial charge in [0.1, 0.15) is 6.54 Å². The Labute approximate surface area is 174 Å². The molecule has 0 saturated heterocycles. The summed E-state index contributed by atoms with van der Waals surface area (Å²) >= 11 is 2.86. The van der Waals surface area contributed by atoms with Crippen molar-refractivity contribution in [3.63, 3.8) is 0 Å². The van der Waals surface area contributed by atoms with Crippen molar-refractivity contribution < 1.29 is 4.79 Å². The molecule has 0 unspecified atom stereocenters.